The Morgan fingerprint density at radius 2 is 1.77 bits per heavy atom. The van der Waals surface area contributed by atoms with E-state index in [-0.39, 0.29) is 0 Å². The maximum atomic E-state index is 6.25. The fourth-order valence-corrected chi connectivity index (χ4v) is 4.65. The first-order valence-electron chi connectivity index (χ1n) is 11.3. The molecule has 4 rings (SSSR count). The quantitative estimate of drug-likeness (QED) is 0.621. The first-order chi connectivity index (χ1) is 15.1. The van der Waals surface area contributed by atoms with Gasteiger partial charge in [0.15, 0.2) is 5.11 Å². The summed E-state index contributed by atoms with van der Waals surface area (Å²) in [5, 5.41) is 7.64. The molecule has 0 spiro atoms. The monoisotopic (exact) mass is 458 g/mol. The summed E-state index contributed by atoms with van der Waals surface area (Å²) in [4.78, 5) is 14.4. The zero-order valence-corrected chi connectivity index (χ0v) is 19.7. The minimum Gasteiger partial charge on any atom is -0.358 e. The van der Waals surface area contributed by atoms with Crippen molar-refractivity contribution < 1.29 is 0 Å². The van der Waals surface area contributed by atoms with Crippen molar-refractivity contribution in [2.24, 2.45) is 5.92 Å². The highest BCUT2D eigenvalue weighted by Crippen LogP contribution is 2.27. The van der Waals surface area contributed by atoms with Crippen molar-refractivity contribution in [2.45, 2.75) is 45.6 Å². The van der Waals surface area contributed by atoms with E-state index in [9.17, 15) is 0 Å². The lowest BCUT2D eigenvalue weighted by atomic mass is 10.0. The van der Waals surface area contributed by atoms with Gasteiger partial charge in [0, 0.05) is 43.8 Å². The normalized spacial score (nSPS) is 19.2. The molecule has 2 aliphatic heterocycles. The second-order valence-electron chi connectivity index (χ2n) is 8.55. The Labute approximate surface area is 195 Å². The number of piperidine rings is 2. The second kappa shape index (κ2) is 10.5. The highest BCUT2D eigenvalue weighted by Gasteiger charge is 2.21. The second-order valence-corrected chi connectivity index (χ2v) is 9.36. The first kappa shape index (κ1) is 22.1. The van der Waals surface area contributed by atoms with E-state index in [1.54, 1.807) is 0 Å². The number of aromatic nitrogens is 2. The van der Waals surface area contributed by atoms with Crippen molar-refractivity contribution in [2.75, 3.05) is 41.3 Å². The van der Waals surface area contributed by atoms with Gasteiger partial charge >= 0.3 is 0 Å². The molecule has 1 unspecified atom stereocenters. The summed E-state index contributed by atoms with van der Waals surface area (Å²) in [6.45, 7) is 7.02. The van der Waals surface area contributed by atoms with Crippen LogP contribution in [0.1, 0.15) is 44.6 Å². The van der Waals surface area contributed by atoms with E-state index >= 15 is 0 Å². The van der Waals surface area contributed by atoms with Gasteiger partial charge in [0.05, 0.1) is 0 Å². The SMILES string of the molecule is CC1CCCN(c2cc(N3CCCCC3)nc(NC(=S)NCc3ccccc3Cl)n2)C1. The molecule has 1 atom stereocenters. The Bertz CT molecular complexity index is 901. The van der Waals surface area contributed by atoms with Gasteiger partial charge in [-0.25, -0.2) is 0 Å². The minimum atomic E-state index is 0.494. The highest BCUT2D eigenvalue weighted by atomic mass is 35.5. The summed E-state index contributed by atoms with van der Waals surface area (Å²) in [6, 6.07) is 9.91. The van der Waals surface area contributed by atoms with Crippen molar-refractivity contribution in [3.05, 3.63) is 40.9 Å². The lowest BCUT2D eigenvalue weighted by Crippen LogP contribution is -2.36. The third-order valence-corrected chi connectivity index (χ3v) is 6.60. The molecule has 2 fully saturated rings. The van der Waals surface area contributed by atoms with E-state index in [0.717, 1.165) is 48.4 Å². The van der Waals surface area contributed by atoms with Crippen molar-refractivity contribution in [3.8, 4) is 0 Å². The van der Waals surface area contributed by atoms with Gasteiger partial charge in [-0.3, -0.25) is 0 Å². The van der Waals surface area contributed by atoms with Crippen LogP contribution in [0.5, 0.6) is 0 Å². The van der Waals surface area contributed by atoms with Gasteiger partial charge in [0.1, 0.15) is 11.6 Å². The van der Waals surface area contributed by atoms with Gasteiger partial charge in [0.25, 0.3) is 0 Å². The third kappa shape index (κ3) is 5.98. The predicted molar refractivity (Wildman–Crippen MR) is 133 cm³/mol. The standard InChI is InChI=1S/C23H31ClN6S/c1-17-8-7-13-30(16-17)21-14-20(29-11-5-2-6-12-29)26-22(27-21)28-23(31)25-15-18-9-3-4-10-19(18)24/h3-4,9-10,14,17H,2,5-8,11-13,15-16H2,1H3,(H2,25,26,27,28,31). The molecule has 6 nitrogen and oxygen atoms in total. The Balaban J connectivity index is 1.50. The molecule has 2 saturated heterocycles. The van der Waals surface area contributed by atoms with Gasteiger partial charge in [-0.2, -0.15) is 9.97 Å². The van der Waals surface area contributed by atoms with Crippen LogP contribution in [0, 0.1) is 5.92 Å². The molecule has 0 aliphatic carbocycles. The van der Waals surface area contributed by atoms with Crippen LogP contribution in [0.25, 0.3) is 0 Å². The lowest BCUT2D eigenvalue weighted by molar-refractivity contribution is 0.444. The molecule has 2 aromatic rings. The van der Waals surface area contributed by atoms with Gasteiger partial charge in [0.2, 0.25) is 5.95 Å². The third-order valence-electron chi connectivity index (χ3n) is 5.98. The molecular weight excluding hydrogens is 428 g/mol. The van der Waals surface area contributed by atoms with Crippen LogP contribution in [0.15, 0.2) is 30.3 Å². The maximum absolute atomic E-state index is 6.25. The molecule has 3 heterocycles. The van der Waals surface area contributed by atoms with Crippen LogP contribution in [-0.2, 0) is 6.54 Å². The largest absolute Gasteiger partial charge is 0.358 e. The molecule has 8 heteroatoms. The Hall–Kier alpha value is -2.12. The summed E-state index contributed by atoms with van der Waals surface area (Å²) >= 11 is 11.8. The molecule has 1 aromatic heterocycles. The van der Waals surface area contributed by atoms with E-state index in [1.165, 1.54) is 32.1 Å². The van der Waals surface area contributed by atoms with E-state index in [4.69, 9.17) is 33.8 Å². The Kier molecular flexibility index (Phi) is 7.45. The van der Waals surface area contributed by atoms with Crippen molar-refractivity contribution in [3.63, 3.8) is 0 Å². The number of nitrogens with one attached hydrogen (secondary N) is 2. The predicted octanol–water partition coefficient (Wildman–Crippen LogP) is 4.84. The number of benzene rings is 1. The van der Waals surface area contributed by atoms with Gasteiger partial charge < -0.3 is 20.4 Å². The molecule has 166 valence electrons. The summed E-state index contributed by atoms with van der Waals surface area (Å²) < 4.78 is 0. The van der Waals surface area contributed by atoms with Crippen LogP contribution in [0.2, 0.25) is 5.02 Å². The van der Waals surface area contributed by atoms with E-state index in [0.29, 0.717) is 23.5 Å². The van der Waals surface area contributed by atoms with Gasteiger partial charge in [-0.05, 0) is 61.9 Å². The number of hydrogen-bond acceptors (Lipinski definition) is 5. The van der Waals surface area contributed by atoms with E-state index in [2.05, 4.69) is 33.4 Å². The van der Waals surface area contributed by atoms with E-state index in [1.807, 2.05) is 24.3 Å². The number of thiocarbonyl (C=S) groups is 1. The van der Waals surface area contributed by atoms with Crippen molar-refractivity contribution >= 4 is 46.5 Å². The number of rotatable bonds is 5. The fraction of sp³-hybridized carbons (Fsp3) is 0.522. The maximum Gasteiger partial charge on any atom is 0.232 e. The molecule has 0 saturated carbocycles. The molecule has 0 radical (unpaired) electrons. The molecule has 2 N–H and O–H groups in total. The van der Waals surface area contributed by atoms with Crippen LogP contribution in [0.4, 0.5) is 17.6 Å². The average Bonchev–Trinajstić information content (AvgIpc) is 2.79. The molecular formula is C23H31ClN6S. The average molecular weight is 459 g/mol. The van der Waals surface area contributed by atoms with Gasteiger partial charge in [-0.1, -0.05) is 36.7 Å². The van der Waals surface area contributed by atoms with Crippen LogP contribution in [-0.4, -0.2) is 41.3 Å². The summed E-state index contributed by atoms with van der Waals surface area (Å²) in [7, 11) is 0. The van der Waals surface area contributed by atoms with Crippen LogP contribution >= 0.6 is 23.8 Å². The topological polar surface area (TPSA) is 56.3 Å². The zero-order chi connectivity index (χ0) is 21.6. The number of hydrogen-bond donors (Lipinski definition) is 2. The Morgan fingerprint density at radius 3 is 2.52 bits per heavy atom. The highest BCUT2D eigenvalue weighted by molar-refractivity contribution is 7.80. The molecule has 2 aliphatic rings. The van der Waals surface area contributed by atoms with Crippen molar-refractivity contribution in [1.82, 2.24) is 15.3 Å². The van der Waals surface area contributed by atoms with E-state index < -0.39 is 0 Å². The smallest absolute Gasteiger partial charge is 0.232 e. The minimum absolute atomic E-state index is 0.494. The first-order valence-corrected chi connectivity index (χ1v) is 12.0. The fourth-order valence-electron chi connectivity index (χ4n) is 4.29. The number of nitrogens with zero attached hydrogens (tertiary/aromatic N) is 4. The number of halogens is 1. The lowest BCUT2D eigenvalue weighted by Gasteiger charge is -2.33. The van der Waals surface area contributed by atoms with Crippen LogP contribution < -0.4 is 20.4 Å². The summed E-state index contributed by atoms with van der Waals surface area (Å²) in [5.74, 6) is 3.20. The molecule has 0 bridgehead atoms. The van der Waals surface area contributed by atoms with Crippen LogP contribution in [0.3, 0.4) is 0 Å². The zero-order valence-electron chi connectivity index (χ0n) is 18.1. The molecule has 1 aromatic carbocycles. The molecule has 31 heavy (non-hydrogen) atoms. The summed E-state index contributed by atoms with van der Waals surface area (Å²) in [6.07, 6.45) is 6.19. The number of anilines is 3. The van der Waals surface area contributed by atoms with Crippen molar-refractivity contribution in [1.29, 1.82) is 0 Å². The Morgan fingerprint density at radius 1 is 1.06 bits per heavy atom. The van der Waals surface area contributed by atoms with Gasteiger partial charge in [-0.15, -0.1) is 0 Å². The molecule has 0 amide bonds. The summed E-state index contributed by atoms with van der Waals surface area (Å²) in [5.41, 5.74) is 0.999.